The Hall–Kier alpha value is -6.74. The van der Waals surface area contributed by atoms with Gasteiger partial charge in [0, 0.05) is 17.7 Å². The minimum absolute atomic E-state index is 0.0107. The number of aromatic amines is 1. The molecule has 0 fully saturated rings. The van der Waals surface area contributed by atoms with E-state index >= 15 is 0 Å². The molecule has 0 aliphatic rings. The third kappa shape index (κ3) is 12.9. The maximum absolute atomic E-state index is 13.6. The molecule has 1 amide bonds. The molecule has 19 nitrogen and oxygen atoms in total. The Bertz CT molecular complexity index is 2510. The first kappa shape index (κ1) is 46.3. The number of nitrogens with two attached hydrogens (primary N) is 1. The van der Waals surface area contributed by atoms with Crippen LogP contribution in [0.3, 0.4) is 0 Å². The van der Waals surface area contributed by atoms with Crippen LogP contribution in [0, 0.1) is 0 Å². The number of benzene rings is 3. The number of hydrogen-bond donors (Lipinski definition) is 5. The van der Waals surface area contributed by atoms with Crippen molar-refractivity contribution in [3.63, 3.8) is 0 Å². The summed E-state index contributed by atoms with van der Waals surface area (Å²) in [6, 6.07) is 11.9. The molecule has 2 heterocycles. The smallest absolute Gasteiger partial charge is 0.474 e. The van der Waals surface area contributed by atoms with E-state index in [4.69, 9.17) is 28.8 Å². The van der Waals surface area contributed by atoms with Crippen LogP contribution in [0.1, 0.15) is 64.2 Å². The number of alkyl halides is 3. The van der Waals surface area contributed by atoms with E-state index in [1.165, 1.54) is 42.6 Å². The van der Waals surface area contributed by atoms with Crippen LogP contribution in [0.5, 0.6) is 11.5 Å². The van der Waals surface area contributed by atoms with E-state index in [1.54, 1.807) is 26.0 Å². The number of carbonyl (C=O) groups is 4. The highest BCUT2D eigenvalue weighted by Crippen LogP contribution is 2.49. The number of H-pyrrole nitrogens is 1. The minimum atomic E-state index is -4.89. The van der Waals surface area contributed by atoms with Crippen molar-refractivity contribution in [3.8, 4) is 11.5 Å². The quantitative estimate of drug-likeness (QED) is 0.0369. The van der Waals surface area contributed by atoms with Crippen molar-refractivity contribution in [3.05, 3.63) is 111 Å². The molecular weight excluding hydrogens is 846 g/mol. The number of amides is 1. The average molecular weight is 886 g/mol. The number of hydrogen-bond acceptors (Lipinski definition) is 16. The lowest BCUT2D eigenvalue weighted by atomic mass is 10.1. The highest BCUT2D eigenvalue weighted by Gasteiger charge is 2.33. The fraction of sp³-hybridized carbons (Fsp3) is 0.282. The number of carbonyl (C=O) groups excluding carboxylic acids is 3. The molecule has 0 unspecified atom stereocenters. The fourth-order valence-electron chi connectivity index (χ4n) is 5.46. The van der Waals surface area contributed by atoms with E-state index in [0.717, 1.165) is 6.07 Å². The lowest BCUT2D eigenvalue weighted by molar-refractivity contribution is -0.141. The van der Waals surface area contributed by atoms with Gasteiger partial charge in [0.05, 0.1) is 43.8 Å². The number of carboxylic acids is 1. The van der Waals surface area contributed by atoms with Crippen molar-refractivity contribution in [1.29, 1.82) is 0 Å². The predicted octanol–water partition coefficient (Wildman–Crippen LogP) is 5.45. The second-order valence-electron chi connectivity index (χ2n) is 12.9. The Morgan fingerprint density at radius 2 is 1.63 bits per heavy atom. The van der Waals surface area contributed by atoms with Gasteiger partial charge in [-0.1, -0.05) is 12.1 Å². The number of nitrogens with zero attached hydrogens (tertiary/aromatic N) is 3. The van der Waals surface area contributed by atoms with E-state index in [0.29, 0.717) is 29.1 Å². The third-order valence-electron chi connectivity index (χ3n) is 8.45. The van der Waals surface area contributed by atoms with Crippen LogP contribution >= 0.6 is 7.82 Å². The van der Waals surface area contributed by atoms with Gasteiger partial charge in [-0.2, -0.15) is 18.2 Å². The molecule has 328 valence electrons. The Labute approximate surface area is 349 Å². The zero-order chi connectivity index (χ0) is 45.0. The summed E-state index contributed by atoms with van der Waals surface area (Å²) in [6.45, 7) is 3.57. The summed E-state index contributed by atoms with van der Waals surface area (Å²) in [5.74, 6) is -5.64. The number of aromatic nitrogens is 4. The maximum Gasteiger partial charge on any atom is 0.474 e. The summed E-state index contributed by atoms with van der Waals surface area (Å²) >= 11 is 0. The van der Waals surface area contributed by atoms with Crippen LogP contribution in [-0.2, 0) is 46.9 Å². The number of phosphoric acid groups is 1. The van der Waals surface area contributed by atoms with Gasteiger partial charge in [0.1, 0.15) is 23.1 Å². The van der Waals surface area contributed by atoms with Gasteiger partial charge in [-0.25, -0.2) is 24.1 Å². The van der Waals surface area contributed by atoms with E-state index in [1.807, 2.05) is 0 Å². The van der Waals surface area contributed by atoms with Crippen molar-refractivity contribution in [2.75, 3.05) is 30.9 Å². The van der Waals surface area contributed by atoms with Gasteiger partial charge in [-0.15, -0.1) is 0 Å². The van der Waals surface area contributed by atoms with Crippen LogP contribution in [0.15, 0.2) is 77.7 Å². The molecule has 5 rings (SSSR count). The van der Waals surface area contributed by atoms with E-state index < -0.39 is 79.1 Å². The van der Waals surface area contributed by atoms with Crippen LogP contribution in [0.4, 0.5) is 24.8 Å². The highest BCUT2D eigenvalue weighted by atomic mass is 31.2. The Morgan fingerprint density at radius 1 is 0.935 bits per heavy atom. The second kappa shape index (κ2) is 20.7. The van der Waals surface area contributed by atoms with Gasteiger partial charge in [0.25, 0.3) is 11.5 Å². The molecule has 0 aliphatic carbocycles. The second-order valence-corrected chi connectivity index (χ2v) is 14.6. The number of rotatable bonds is 20. The number of carboxylic acid groups (broad SMARTS) is 1. The van der Waals surface area contributed by atoms with Crippen molar-refractivity contribution >= 4 is 54.4 Å². The van der Waals surface area contributed by atoms with Crippen LogP contribution in [0.25, 0.3) is 11.2 Å². The molecule has 0 saturated heterocycles. The number of aliphatic carboxylic acids is 1. The van der Waals surface area contributed by atoms with Gasteiger partial charge in [0.15, 0.2) is 11.2 Å². The first-order valence-electron chi connectivity index (χ1n) is 18.6. The zero-order valence-corrected chi connectivity index (χ0v) is 33.8. The van der Waals surface area contributed by atoms with Crippen LogP contribution in [-0.4, -0.2) is 74.7 Å². The summed E-state index contributed by atoms with van der Waals surface area (Å²) in [5.41, 5.74) is 4.86. The summed E-state index contributed by atoms with van der Waals surface area (Å²) in [5, 5.41) is 15.1. The predicted molar refractivity (Wildman–Crippen MR) is 213 cm³/mol. The Morgan fingerprint density at radius 3 is 2.27 bits per heavy atom. The van der Waals surface area contributed by atoms with E-state index in [9.17, 15) is 46.8 Å². The normalized spacial score (nSPS) is 12.1. The molecule has 0 spiro atoms. The molecule has 2 aromatic heterocycles. The molecule has 0 saturated carbocycles. The number of nitrogens with one attached hydrogen (secondary N) is 3. The summed E-state index contributed by atoms with van der Waals surface area (Å²) in [6.07, 6.45) is -4.47. The molecule has 5 aromatic rings. The molecule has 1 atom stereocenters. The lowest BCUT2D eigenvalue weighted by Gasteiger charge is -2.16. The van der Waals surface area contributed by atoms with Gasteiger partial charge in [0.2, 0.25) is 5.95 Å². The number of nitrogen functional groups attached to an aromatic ring is 1. The van der Waals surface area contributed by atoms with E-state index in [-0.39, 0.29) is 61.2 Å². The summed E-state index contributed by atoms with van der Waals surface area (Å²) < 4.78 is 79.3. The van der Waals surface area contributed by atoms with Gasteiger partial charge in [-0.05, 0) is 86.8 Å². The van der Waals surface area contributed by atoms with Gasteiger partial charge in [-0.3, -0.25) is 32.9 Å². The lowest BCUT2D eigenvalue weighted by Crippen LogP contribution is -2.41. The third-order valence-corrected chi connectivity index (χ3v) is 10.1. The van der Waals surface area contributed by atoms with Crippen molar-refractivity contribution in [1.82, 2.24) is 25.3 Å². The largest absolute Gasteiger partial charge is 0.480 e. The topological polar surface area (TPSA) is 273 Å². The molecule has 6 N–H and O–H groups in total. The summed E-state index contributed by atoms with van der Waals surface area (Å²) in [4.78, 5) is 77.7. The number of halogens is 3. The summed E-state index contributed by atoms with van der Waals surface area (Å²) in [7, 11) is -3.73. The first-order chi connectivity index (χ1) is 29.5. The van der Waals surface area contributed by atoms with Crippen LogP contribution in [0.2, 0.25) is 0 Å². The molecular formula is C39H39F3N7O12P. The monoisotopic (exact) mass is 885 g/mol. The molecule has 0 bridgehead atoms. The first-order valence-corrected chi connectivity index (χ1v) is 20.1. The van der Waals surface area contributed by atoms with Crippen molar-refractivity contribution < 1.29 is 65.1 Å². The minimum Gasteiger partial charge on any atom is -0.480 e. The van der Waals surface area contributed by atoms with Gasteiger partial charge < -0.3 is 30.9 Å². The maximum atomic E-state index is 13.6. The van der Waals surface area contributed by atoms with Crippen LogP contribution < -0.4 is 31.4 Å². The van der Waals surface area contributed by atoms with Gasteiger partial charge >= 0.3 is 31.9 Å². The van der Waals surface area contributed by atoms with Crippen molar-refractivity contribution in [2.45, 2.75) is 51.9 Å². The highest BCUT2D eigenvalue weighted by molar-refractivity contribution is 7.48. The number of ether oxygens (including phenoxy) is 2. The van der Waals surface area contributed by atoms with E-state index in [2.05, 4.69) is 30.6 Å². The Balaban J connectivity index is 1.16. The standard InChI is InChI=1S/C39H39F3N7O12P/c1-3-57-62(56,58-4-2)59-18-17-22-5-12-27(13-6-22)60-37(55)28-14-9-24(39(40,41)42)19-30(28)61-31(50)16-15-29(36(53)54)47-34(51)23-7-10-25(11-8-23)44-20-26-21-45-33-32(46-26)35(52)49-38(43)48-33/h5-14,19,21,29,44H,3-4,15-18,20H2,1-2H3,(H,47,51)(H,53,54)(H3,43,45,48,49,52)/t29-/m0/s1. The molecule has 62 heavy (non-hydrogen) atoms. The zero-order valence-electron chi connectivity index (χ0n) is 32.9. The average Bonchev–Trinajstić information content (AvgIpc) is 3.22. The number of fused-ring (bicyclic) bond motifs is 1. The number of phosphoric ester groups is 1. The number of esters is 2. The number of anilines is 2. The van der Waals surface area contributed by atoms with Crippen molar-refractivity contribution in [2.24, 2.45) is 0 Å². The fourth-order valence-corrected chi connectivity index (χ4v) is 6.64. The molecule has 3 aromatic carbocycles. The Kier molecular flexibility index (Phi) is 15.5. The molecule has 0 aliphatic heterocycles. The SMILES string of the molecule is CCOP(=O)(OCC)OCCc1ccc(OC(=O)c2ccc(C(F)(F)F)cc2OC(=O)CC[C@H](NC(=O)c2ccc(NCc3cnc4nc(N)[nH]c(=O)c4n3)cc2)C(=O)O)cc1. The molecule has 23 heteroatoms. The molecule has 0 radical (unpaired) electrons.